The summed E-state index contributed by atoms with van der Waals surface area (Å²) in [6, 6.07) is 22.7. The van der Waals surface area contributed by atoms with Gasteiger partial charge in [-0.3, -0.25) is 0 Å². The van der Waals surface area contributed by atoms with Crippen molar-refractivity contribution in [3.05, 3.63) is 107 Å². The smallest absolute Gasteiger partial charge is 0.0190 e. The van der Waals surface area contributed by atoms with Crippen LogP contribution in [0.5, 0.6) is 0 Å². The fourth-order valence-corrected chi connectivity index (χ4v) is 4.26. The van der Waals surface area contributed by atoms with Crippen LogP contribution in [0.3, 0.4) is 0 Å². The van der Waals surface area contributed by atoms with Gasteiger partial charge in [0.25, 0.3) is 0 Å². The van der Waals surface area contributed by atoms with Crippen molar-refractivity contribution in [3.63, 3.8) is 0 Å². The third kappa shape index (κ3) is 3.62. The lowest BCUT2D eigenvalue weighted by Crippen LogP contribution is -2.15. The summed E-state index contributed by atoms with van der Waals surface area (Å²) in [5.41, 5.74) is 5.65. The van der Waals surface area contributed by atoms with Crippen LogP contribution in [0.1, 0.15) is 54.4 Å². The van der Waals surface area contributed by atoms with Gasteiger partial charge >= 0.3 is 0 Å². The van der Waals surface area contributed by atoms with Crippen LogP contribution in [0.2, 0.25) is 0 Å². The van der Waals surface area contributed by atoms with Crippen LogP contribution in [0.15, 0.2) is 85.0 Å². The fourth-order valence-electron chi connectivity index (χ4n) is 4.26. The van der Waals surface area contributed by atoms with Gasteiger partial charge in [0, 0.05) is 11.8 Å². The van der Waals surface area contributed by atoms with E-state index in [1.807, 2.05) is 0 Å². The molecule has 3 aromatic rings. The van der Waals surface area contributed by atoms with Crippen molar-refractivity contribution in [3.8, 4) is 0 Å². The SMILES string of the molecule is Cc1ccc(C(c2cc3ccccc3cc2C(C)C)C2C=CCC=C2)cc1. The highest BCUT2D eigenvalue weighted by Gasteiger charge is 2.25. The second-order valence-electron chi connectivity index (χ2n) is 8.04. The van der Waals surface area contributed by atoms with E-state index in [9.17, 15) is 0 Å². The van der Waals surface area contributed by atoms with Gasteiger partial charge in [-0.1, -0.05) is 104 Å². The molecule has 0 fully saturated rings. The van der Waals surface area contributed by atoms with Gasteiger partial charge in [0.2, 0.25) is 0 Å². The fraction of sp³-hybridized carbons (Fsp3) is 0.259. The molecule has 0 saturated heterocycles. The molecule has 0 nitrogen and oxygen atoms in total. The van der Waals surface area contributed by atoms with E-state index >= 15 is 0 Å². The standard InChI is InChI=1S/C27H28/c1-19(2)25-17-23-11-7-8-12-24(23)18-26(25)27(21-9-5-4-6-10-21)22-15-13-20(3)14-16-22/h5-19,21,27H,4H2,1-3H3. The zero-order valence-electron chi connectivity index (χ0n) is 16.5. The molecule has 4 rings (SSSR count). The molecule has 0 heterocycles. The molecule has 0 aliphatic heterocycles. The molecule has 0 heteroatoms. The average molecular weight is 353 g/mol. The van der Waals surface area contributed by atoms with Crippen LogP contribution in [0.4, 0.5) is 0 Å². The molecule has 1 aliphatic carbocycles. The summed E-state index contributed by atoms with van der Waals surface area (Å²) < 4.78 is 0. The summed E-state index contributed by atoms with van der Waals surface area (Å²) in [5.74, 6) is 1.25. The van der Waals surface area contributed by atoms with Crippen LogP contribution < -0.4 is 0 Å². The number of benzene rings is 3. The van der Waals surface area contributed by atoms with Gasteiger partial charge < -0.3 is 0 Å². The van der Waals surface area contributed by atoms with E-state index < -0.39 is 0 Å². The van der Waals surface area contributed by atoms with E-state index in [-0.39, 0.29) is 0 Å². The normalized spacial score (nSPS) is 15.6. The summed E-state index contributed by atoms with van der Waals surface area (Å²) in [6.45, 7) is 6.79. The number of hydrogen-bond acceptors (Lipinski definition) is 0. The summed E-state index contributed by atoms with van der Waals surface area (Å²) in [7, 11) is 0. The molecule has 0 bridgehead atoms. The zero-order valence-corrected chi connectivity index (χ0v) is 16.5. The first-order valence-corrected chi connectivity index (χ1v) is 10.1. The number of allylic oxidation sites excluding steroid dienone is 4. The molecule has 0 saturated carbocycles. The first kappa shape index (κ1) is 17.8. The topological polar surface area (TPSA) is 0 Å². The Balaban J connectivity index is 1.94. The van der Waals surface area contributed by atoms with E-state index in [1.54, 1.807) is 0 Å². The quantitative estimate of drug-likeness (QED) is 0.425. The minimum atomic E-state index is 0.348. The summed E-state index contributed by atoms with van der Waals surface area (Å²) in [5, 5.41) is 2.67. The van der Waals surface area contributed by atoms with Crippen molar-refractivity contribution in [2.24, 2.45) is 5.92 Å². The van der Waals surface area contributed by atoms with Crippen LogP contribution in [0, 0.1) is 12.8 Å². The Hall–Kier alpha value is -2.60. The number of aryl methyl sites for hydroxylation is 1. The molecule has 0 N–H and O–H groups in total. The van der Waals surface area contributed by atoms with E-state index in [4.69, 9.17) is 0 Å². The van der Waals surface area contributed by atoms with Gasteiger partial charge in [0.15, 0.2) is 0 Å². The maximum Gasteiger partial charge on any atom is 0.0190 e. The van der Waals surface area contributed by atoms with Crippen molar-refractivity contribution in [1.29, 1.82) is 0 Å². The van der Waals surface area contributed by atoms with Gasteiger partial charge in [-0.25, -0.2) is 0 Å². The third-order valence-electron chi connectivity index (χ3n) is 5.72. The van der Waals surface area contributed by atoms with E-state index in [0.717, 1.165) is 6.42 Å². The number of hydrogen-bond donors (Lipinski definition) is 0. The summed E-state index contributed by atoms with van der Waals surface area (Å²) >= 11 is 0. The molecule has 0 amide bonds. The molecule has 1 atom stereocenters. The highest BCUT2D eigenvalue weighted by atomic mass is 14.3. The van der Waals surface area contributed by atoms with E-state index in [1.165, 1.54) is 33.0 Å². The number of rotatable bonds is 4. The minimum absolute atomic E-state index is 0.348. The average Bonchev–Trinajstić information content (AvgIpc) is 2.70. The first-order valence-electron chi connectivity index (χ1n) is 10.1. The molecule has 1 unspecified atom stereocenters. The Kier molecular flexibility index (Phi) is 4.99. The second kappa shape index (κ2) is 7.56. The Morgan fingerprint density at radius 1 is 0.778 bits per heavy atom. The van der Waals surface area contributed by atoms with Crippen LogP contribution in [0.25, 0.3) is 10.8 Å². The molecule has 136 valence electrons. The van der Waals surface area contributed by atoms with Gasteiger partial charge in [-0.05, 0) is 46.7 Å². The molecule has 1 aliphatic rings. The molecule has 27 heavy (non-hydrogen) atoms. The van der Waals surface area contributed by atoms with Gasteiger partial charge in [-0.2, -0.15) is 0 Å². The predicted octanol–water partition coefficient (Wildman–Crippen LogP) is 7.54. The second-order valence-corrected chi connectivity index (χ2v) is 8.04. The van der Waals surface area contributed by atoms with Crippen LogP contribution in [-0.2, 0) is 0 Å². The van der Waals surface area contributed by atoms with Gasteiger partial charge in [0.1, 0.15) is 0 Å². The molecular formula is C27H28. The summed E-state index contributed by atoms with van der Waals surface area (Å²) in [6.07, 6.45) is 10.4. The Morgan fingerprint density at radius 2 is 1.37 bits per heavy atom. The number of fused-ring (bicyclic) bond motifs is 1. The molecule has 0 aromatic heterocycles. The van der Waals surface area contributed by atoms with E-state index in [0.29, 0.717) is 17.8 Å². The minimum Gasteiger partial charge on any atom is -0.0841 e. The van der Waals surface area contributed by atoms with E-state index in [2.05, 4.69) is 106 Å². The lowest BCUT2D eigenvalue weighted by Gasteiger charge is -2.29. The van der Waals surface area contributed by atoms with Gasteiger partial charge in [0.05, 0.1) is 0 Å². The third-order valence-corrected chi connectivity index (χ3v) is 5.72. The first-order chi connectivity index (χ1) is 13.1. The molecule has 0 spiro atoms. The molecular weight excluding hydrogens is 324 g/mol. The maximum absolute atomic E-state index is 2.44. The lowest BCUT2D eigenvalue weighted by atomic mass is 9.75. The molecule has 0 radical (unpaired) electrons. The highest BCUT2D eigenvalue weighted by Crippen LogP contribution is 2.40. The predicted molar refractivity (Wildman–Crippen MR) is 117 cm³/mol. The lowest BCUT2D eigenvalue weighted by molar-refractivity contribution is 0.662. The Labute approximate surface area is 163 Å². The van der Waals surface area contributed by atoms with Gasteiger partial charge in [-0.15, -0.1) is 0 Å². The van der Waals surface area contributed by atoms with Crippen molar-refractivity contribution < 1.29 is 0 Å². The zero-order chi connectivity index (χ0) is 18.8. The highest BCUT2D eigenvalue weighted by molar-refractivity contribution is 5.84. The van der Waals surface area contributed by atoms with Crippen molar-refractivity contribution >= 4 is 10.8 Å². The van der Waals surface area contributed by atoms with Crippen molar-refractivity contribution in [2.45, 2.75) is 39.0 Å². The molecule has 3 aromatic carbocycles. The van der Waals surface area contributed by atoms with Crippen molar-refractivity contribution in [2.75, 3.05) is 0 Å². The monoisotopic (exact) mass is 352 g/mol. The largest absolute Gasteiger partial charge is 0.0841 e. The summed E-state index contributed by atoms with van der Waals surface area (Å²) in [4.78, 5) is 0. The maximum atomic E-state index is 2.44. The van der Waals surface area contributed by atoms with Crippen molar-refractivity contribution in [1.82, 2.24) is 0 Å². The van der Waals surface area contributed by atoms with Crippen LogP contribution >= 0.6 is 0 Å². The Morgan fingerprint density at radius 3 is 1.96 bits per heavy atom. The Bertz CT molecular complexity index is 974. The van der Waals surface area contributed by atoms with Crippen LogP contribution in [-0.4, -0.2) is 0 Å².